The molecule has 8 heteroatoms. The quantitative estimate of drug-likeness (QED) is 0.442. The van der Waals surface area contributed by atoms with Gasteiger partial charge in [0, 0.05) is 22.7 Å². The lowest BCUT2D eigenvalue weighted by atomic mass is 9.96. The summed E-state index contributed by atoms with van der Waals surface area (Å²) in [6, 6.07) is 15.8. The van der Waals surface area contributed by atoms with Gasteiger partial charge in [0.25, 0.3) is 0 Å². The molecule has 0 radical (unpaired) electrons. The van der Waals surface area contributed by atoms with Crippen LogP contribution in [0.2, 0.25) is 0 Å². The number of benzene rings is 2. The lowest BCUT2D eigenvalue weighted by molar-refractivity contribution is -0.362. The first kappa shape index (κ1) is 19.4. The molecule has 2 aromatic carbocycles. The Balaban J connectivity index is 1.80. The number of halogens is 2. The summed E-state index contributed by atoms with van der Waals surface area (Å²) in [7, 11) is 0. The van der Waals surface area contributed by atoms with Crippen molar-refractivity contribution in [2.75, 3.05) is 5.32 Å². The maximum atomic E-state index is 12.5. The van der Waals surface area contributed by atoms with Crippen LogP contribution < -0.4 is 15.0 Å². The molecule has 4 rings (SSSR count). The molecule has 0 aliphatic carbocycles. The molecule has 152 valence electrons. The Kier molecular flexibility index (Phi) is 5.30. The van der Waals surface area contributed by atoms with Crippen LogP contribution in [0.5, 0.6) is 17.2 Å². The Morgan fingerprint density at radius 1 is 0.967 bits per heavy atom. The molecule has 2 aromatic heterocycles. The molecule has 0 unspecified atom stereocenters. The number of aromatic amines is 1. The standard InChI is InChI=1S/C22H17F2N3O3/c23-22(24)30-15-8-5-14(6-9-15)18(27-21-17(28)4-2-12-26-21)16-10-7-13-3-1-11-25-19(13)20(16)29/h1-12,18,22,28-29H,(H,26,27)/p+1/t18-/m0/s1. The van der Waals surface area contributed by atoms with Crippen LogP contribution in [0.4, 0.5) is 14.6 Å². The fourth-order valence-electron chi connectivity index (χ4n) is 3.25. The topological polar surface area (TPSA) is 88.8 Å². The third-order valence-corrected chi connectivity index (χ3v) is 4.65. The smallest absolute Gasteiger partial charge is 0.387 e. The van der Waals surface area contributed by atoms with Crippen molar-refractivity contribution in [3.63, 3.8) is 0 Å². The highest BCUT2D eigenvalue weighted by atomic mass is 19.3. The van der Waals surface area contributed by atoms with Crippen molar-refractivity contribution in [1.82, 2.24) is 4.98 Å². The van der Waals surface area contributed by atoms with Crippen LogP contribution in [0.25, 0.3) is 10.9 Å². The average molecular weight is 410 g/mol. The Labute approximate surface area is 170 Å². The molecule has 0 aliphatic heterocycles. The van der Waals surface area contributed by atoms with Crippen LogP contribution in [0, 0.1) is 0 Å². The Bertz CT molecular complexity index is 1170. The van der Waals surface area contributed by atoms with E-state index in [1.165, 1.54) is 18.2 Å². The number of H-pyrrole nitrogens is 1. The first-order valence-corrected chi connectivity index (χ1v) is 9.10. The van der Waals surface area contributed by atoms with Crippen LogP contribution in [0.1, 0.15) is 17.2 Å². The molecule has 0 bridgehead atoms. The number of aromatic nitrogens is 2. The number of phenols is 1. The number of phenolic OH excluding ortho intramolecular Hbond substituents is 1. The summed E-state index contributed by atoms with van der Waals surface area (Å²) >= 11 is 0. The molecule has 0 amide bonds. The predicted octanol–water partition coefficient (Wildman–Crippen LogP) is 4.26. The lowest BCUT2D eigenvalue weighted by Gasteiger charge is -2.18. The number of rotatable bonds is 6. The molecular weight excluding hydrogens is 392 g/mol. The van der Waals surface area contributed by atoms with E-state index in [-0.39, 0.29) is 17.2 Å². The highest BCUT2D eigenvalue weighted by Crippen LogP contribution is 2.37. The number of pyridine rings is 2. The van der Waals surface area contributed by atoms with E-state index in [1.807, 2.05) is 12.1 Å². The number of aromatic hydroxyl groups is 2. The van der Waals surface area contributed by atoms with Crippen LogP contribution >= 0.6 is 0 Å². The van der Waals surface area contributed by atoms with Crippen LogP contribution in [0.15, 0.2) is 73.1 Å². The molecule has 2 heterocycles. The molecular formula is C22H18F2N3O3+. The van der Waals surface area contributed by atoms with E-state index in [9.17, 15) is 19.0 Å². The zero-order chi connectivity index (χ0) is 21.1. The minimum Gasteiger partial charge on any atom is -0.505 e. The first-order chi connectivity index (χ1) is 14.5. The summed E-state index contributed by atoms with van der Waals surface area (Å²) in [4.78, 5) is 7.17. The van der Waals surface area contributed by atoms with E-state index in [2.05, 4.69) is 20.0 Å². The normalized spacial score (nSPS) is 12.1. The van der Waals surface area contributed by atoms with E-state index in [4.69, 9.17) is 0 Å². The summed E-state index contributed by atoms with van der Waals surface area (Å²) < 4.78 is 29.4. The van der Waals surface area contributed by atoms with E-state index in [0.29, 0.717) is 22.5 Å². The van der Waals surface area contributed by atoms with Gasteiger partial charge in [-0.3, -0.25) is 10.3 Å². The van der Waals surface area contributed by atoms with Gasteiger partial charge in [-0.05, 0) is 36.4 Å². The fourth-order valence-corrected chi connectivity index (χ4v) is 3.25. The monoisotopic (exact) mass is 410 g/mol. The lowest BCUT2D eigenvalue weighted by Crippen LogP contribution is -2.19. The van der Waals surface area contributed by atoms with Gasteiger partial charge in [-0.2, -0.15) is 8.78 Å². The number of hydrogen-bond donors (Lipinski definition) is 3. The molecule has 0 fully saturated rings. The van der Waals surface area contributed by atoms with Gasteiger partial charge in [-0.15, -0.1) is 0 Å². The van der Waals surface area contributed by atoms with Crippen LogP contribution in [-0.4, -0.2) is 21.8 Å². The van der Waals surface area contributed by atoms with E-state index in [0.717, 1.165) is 5.39 Å². The van der Waals surface area contributed by atoms with Gasteiger partial charge >= 0.3 is 12.4 Å². The second kappa shape index (κ2) is 8.20. The number of nitrogens with one attached hydrogen (secondary N) is 2. The highest BCUT2D eigenvalue weighted by Gasteiger charge is 2.26. The second-order valence-electron chi connectivity index (χ2n) is 6.53. The second-order valence-corrected chi connectivity index (χ2v) is 6.53. The summed E-state index contributed by atoms with van der Waals surface area (Å²) in [5.74, 6) is 0.314. The summed E-state index contributed by atoms with van der Waals surface area (Å²) in [6.07, 6.45) is 3.22. The summed E-state index contributed by atoms with van der Waals surface area (Å²) in [5, 5.41) is 25.0. The van der Waals surface area contributed by atoms with Gasteiger partial charge in [-0.25, -0.2) is 4.98 Å². The zero-order valence-corrected chi connectivity index (χ0v) is 15.6. The number of alkyl halides is 2. The molecule has 0 spiro atoms. The van der Waals surface area contributed by atoms with Gasteiger partial charge in [0.15, 0.2) is 0 Å². The van der Waals surface area contributed by atoms with E-state index >= 15 is 0 Å². The Morgan fingerprint density at radius 2 is 1.77 bits per heavy atom. The zero-order valence-electron chi connectivity index (χ0n) is 15.6. The minimum absolute atomic E-state index is 0.0152. The van der Waals surface area contributed by atoms with Crippen molar-refractivity contribution in [1.29, 1.82) is 0 Å². The molecule has 0 aliphatic rings. The molecule has 0 saturated carbocycles. The fraction of sp³-hybridized carbons (Fsp3) is 0.0909. The molecule has 4 aromatic rings. The maximum Gasteiger partial charge on any atom is 0.387 e. The predicted molar refractivity (Wildman–Crippen MR) is 107 cm³/mol. The van der Waals surface area contributed by atoms with Crippen molar-refractivity contribution in [3.8, 4) is 17.2 Å². The van der Waals surface area contributed by atoms with Gasteiger partial charge in [0.1, 0.15) is 23.1 Å². The van der Waals surface area contributed by atoms with Gasteiger partial charge in [0.05, 0.1) is 6.20 Å². The van der Waals surface area contributed by atoms with Crippen molar-refractivity contribution in [2.45, 2.75) is 12.7 Å². The van der Waals surface area contributed by atoms with Gasteiger partial charge in [-0.1, -0.05) is 24.3 Å². The Hall–Kier alpha value is -3.94. The number of ether oxygens (including phenoxy) is 1. The summed E-state index contributed by atoms with van der Waals surface area (Å²) in [6.45, 7) is -2.92. The van der Waals surface area contributed by atoms with Crippen molar-refractivity contribution in [3.05, 3.63) is 84.2 Å². The van der Waals surface area contributed by atoms with Gasteiger partial charge in [0.2, 0.25) is 5.75 Å². The molecule has 30 heavy (non-hydrogen) atoms. The number of nitrogens with zero attached hydrogens (tertiary/aromatic N) is 1. The third kappa shape index (κ3) is 3.93. The summed E-state index contributed by atoms with van der Waals surface area (Å²) in [5.41, 5.74) is 1.58. The van der Waals surface area contributed by atoms with Crippen LogP contribution in [-0.2, 0) is 0 Å². The van der Waals surface area contributed by atoms with Crippen molar-refractivity contribution < 1.29 is 28.7 Å². The molecule has 4 N–H and O–H groups in total. The highest BCUT2D eigenvalue weighted by molar-refractivity contribution is 5.86. The number of fused-ring (bicyclic) bond motifs is 1. The largest absolute Gasteiger partial charge is 0.505 e. The number of hydrogen-bond acceptors (Lipinski definition) is 5. The third-order valence-electron chi connectivity index (χ3n) is 4.65. The molecule has 6 nitrogen and oxygen atoms in total. The maximum absolute atomic E-state index is 12.5. The molecule has 1 atom stereocenters. The minimum atomic E-state index is -2.92. The van der Waals surface area contributed by atoms with E-state index < -0.39 is 12.7 Å². The first-order valence-electron chi connectivity index (χ1n) is 9.10. The van der Waals surface area contributed by atoms with E-state index in [1.54, 1.807) is 42.7 Å². The molecule has 0 saturated heterocycles. The van der Waals surface area contributed by atoms with Crippen molar-refractivity contribution >= 4 is 16.7 Å². The van der Waals surface area contributed by atoms with Crippen molar-refractivity contribution in [2.24, 2.45) is 0 Å². The number of anilines is 1. The SMILES string of the molecule is Oc1ccc[nH+]c1N[C@@H](c1ccc(OC(F)F)cc1)c1ccc2cccnc2c1O. The average Bonchev–Trinajstić information content (AvgIpc) is 2.74. The van der Waals surface area contributed by atoms with Crippen LogP contribution in [0.3, 0.4) is 0 Å². The van der Waals surface area contributed by atoms with Gasteiger partial charge < -0.3 is 14.9 Å². The Morgan fingerprint density at radius 3 is 2.50 bits per heavy atom.